The number of rotatable bonds is 4. The molecule has 0 unspecified atom stereocenters. The van der Waals surface area contributed by atoms with Crippen molar-refractivity contribution in [2.24, 2.45) is 5.92 Å². The lowest BCUT2D eigenvalue weighted by Gasteiger charge is -2.34. The van der Waals surface area contributed by atoms with Crippen LogP contribution in [0.15, 0.2) is 30.3 Å². The minimum atomic E-state index is -0.289. The van der Waals surface area contributed by atoms with E-state index in [0.29, 0.717) is 32.0 Å². The molecule has 6 nitrogen and oxygen atoms in total. The lowest BCUT2D eigenvalue weighted by atomic mass is 9.95. The Labute approximate surface area is 149 Å². The van der Waals surface area contributed by atoms with Gasteiger partial charge in [-0.2, -0.15) is 0 Å². The second-order valence-electron chi connectivity index (χ2n) is 6.90. The van der Waals surface area contributed by atoms with E-state index in [9.17, 15) is 9.59 Å². The Hall–Kier alpha value is -2.08. The fraction of sp³-hybridized carbons (Fsp3) is 0.579. The molecule has 0 spiro atoms. The first-order valence-electron chi connectivity index (χ1n) is 9.08. The van der Waals surface area contributed by atoms with E-state index in [1.54, 1.807) is 4.90 Å². The molecular weight excluding hydrogens is 318 g/mol. The zero-order valence-electron chi connectivity index (χ0n) is 14.8. The number of likely N-dealkylation sites (tertiary alicyclic amines) is 1. The second-order valence-corrected chi connectivity index (χ2v) is 6.90. The minimum absolute atomic E-state index is 0.0174. The Morgan fingerprint density at radius 3 is 2.56 bits per heavy atom. The van der Waals surface area contributed by atoms with E-state index >= 15 is 0 Å². The van der Waals surface area contributed by atoms with Crippen molar-refractivity contribution in [2.75, 3.05) is 33.2 Å². The van der Waals surface area contributed by atoms with Crippen molar-refractivity contribution in [3.8, 4) is 0 Å². The number of hydrogen-bond donors (Lipinski definition) is 1. The summed E-state index contributed by atoms with van der Waals surface area (Å²) in [5.74, 6) is 0.231. The van der Waals surface area contributed by atoms with Crippen LogP contribution in [0.1, 0.15) is 24.8 Å². The molecule has 2 aliphatic rings. The molecule has 0 bridgehead atoms. The third kappa shape index (κ3) is 4.51. The highest BCUT2D eigenvalue weighted by Gasteiger charge is 2.32. The molecule has 1 atom stereocenters. The van der Waals surface area contributed by atoms with Crippen LogP contribution in [-0.2, 0) is 16.1 Å². The summed E-state index contributed by atoms with van der Waals surface area (Å²) in [4.78, 5) is 28.4. The van der Waals surface area contributed by atoms with Gasteiger partial charge in [0, 0.05) is 38.6 Å². The van der Waals surface area contributed by atoms with E-state index in [1.165, 1.54) is 0 Å². The summed E-state index contributed by atoms with van der Waals surface area (Å²) in [5, 5.41) is 3.30. The highest BCUT2D eigenvalue weighted by atomic mass is 16.6. The molecule has 0 aliphatic carbocycles. The fourth-order valence-corrected chi connectivity index (χ4v) is 3.56. The number of benzene rings is 1. The van der Waals surface area contributed by atoms with Crippen LogP contribution < -0.4 is 5.32 Å². The Morgan fingerprint density at radius 1 is 1.20 bits per heavy atom. The zero-order valence-corrected chi connectivity index (χ0v) is 14.8. The number of amides is 2. The largest absolute Gasteiger partial charge is 0.445 e. The molecule has 1 N–H and O–H groups in total. The summed E-state index contributed by atoms with van der Waals surface area (Å²) >= 11 is 0. The van der Waals surface area contributed by atoms with Gasteiger partial charge in [-0.1, -0.05) is 30.3 Å². The quantitative estimate of drug-likeness (QED) is 0.905. The van der Waals surface area contributed by atoms with Crippen LogP contribution in [0, 0.1) is 5.92 Å². The number of carbonyl (C=O) groups is 2. The van der Waals surface area contributed by atoms with Gasteiger partial charge in [-0.05, 0) is 31.4 Å². The molecule has 1 aromatic carbocycles. The van der Waals surface area contributed by atoms with Crippen LogP contribution >= 0.6 is 0 Å². The van der Waals surface area contributed by atoms with Crippen molar-refractivity contribution < 1.29 is 14.3 Å². The average Bonchev–Trinajstić information content (AvgIpc) is 3.20. The molecule has 0 saturated carbocycles. The lowest BCUT2D eigenvalue weighted by molar-refractivity contribution is -0.137. The van der Waals surface area contributed by atoms with Crippen LogP contribution in [0.25, 0.3) is 0 Å². The molecule has 0 aromatic heterocycles. The predicted molar refractivity (Wildman–Crippen MR) is 95.0 cm³/mol. The van der Waals surface area contributed by atoms with Crippen LogP contribution in [-0.4, -0.2) is 61.1 Å². The van der Waals surface area contributed by atoms with Gasteiger partial charge < -0.3 is 19.9 Å². The van der Waals surface area contributed by atoms with Crippen molar-refractivity contribution in [3.05, 3.63) is 35.9 Å². The number of ether oxygens (including phenoxy) is 1. The van der Waals surface area contributed by atoms with Gasteiger partial charge in [0.25, 0.3) is 0 Å². The summed E-state index contributed by atoms with van der Waals surface area (Å²) in [6.07, 6.45) is 2.16. The minimum Gasteiger partial charge on any atom is -0.445 e. The molecule has 25 heavy (non-hydrogen) atoms. The summed E-state index contributed by atoms with van der Waals surface area (Å²) < 4.78 is 5.38. The normalized spacial score (nSPS) is 21.2. The number of nitrogens with zero attached hydrogens (tertiary/aromatic N) is 2. The van der Waals surface area contributed by atoms with E-state index in [0.717, 1.165) is 25.1 Å². The monoisotopic (exact) mass is 345 g/mol. The van der Waals surface area contributed by atoms with Crippen molar-refractivity contribution in [1.82, 2.24) is 15.1 Å². The molecule has 2 amide bonds. The maximum Gasteiger partial charge on any atom is 0.410 e. The van der Waals surface area contributed by atoms with E-state index in [-0.39, 0.29) is 24.5 Å². The van der Waals surface area contributed by atoms with Crippen LogP contribution in [0.3, 0.4) is 0 Å². The molecule has 2 heterocycles. The first kappa shape index (κ1) is 17.7. The first-order chi connectivity index (χ1) is 12.1. The average molecular weight is 345 g/mol. The summed E-state index contributed by atoms with van der Waals surface area (Å²) in [6.45, 7) is 3.32. The Balaban J connectivity index is 1.43. The van der Waals surface area contributed by atoms with Crippen LogP contribution in [0.4, 0.5) is 4.79 Å². The number of nitrogens with one attached hydrogen (secondary N) is 1. The molecule has 0 radical (unpaired) electrons. The van der Waals surface area contributed by atoms with E-state index in [4.69, 9.17) is 4.74 Å². The van der Waals surface area contributed by atoms with Gasteiger partial charge in [-0.25, -0.2) is 4.79 Å². The molecule has 136 valence electrons. The molecule has 2 fully saturated rings. The highest BCUT2D eigenvalue weighted by molar-refractivity contribution is 5.79. The summed E-state index contributed by atoms with van der Waals surface area (Å²) in [7, 11) is 1.90. The SMILES string of the molecule is CN(C(=O)C1CCN(C(=O)OCc2ccccc2)CC1)[C@@H]1CCNC1. The Morgan fingerprint density at radius 2 is 1.92 bits per heavy atom. The van der Waals surface area contributed by atoms with Crippen molar-refractivity contribution in [3.63, 3.8) is 0 Å². The molecule has 1 aromatic rings. The third-order valence-electron chi connectivity index (χ3n) is 5.24. The fourth-order valence-electron chi connectivity index (χ4n) is 3.56. The van der Waals surface area contributed by atoms with Gasteiger partial charge >= 0.3 is 6.09 Å². The van der Waals surface area contributed by atoms with Gasteiger partial charge in [0.15, 0.2) is 0 Å². The zero-order chi connectivity index (χ0) is 17.6. The van der Waals surface area contributed by atoms with Crippen LogP contribution in [0.2, 0.25) is 0 Å². The highest BCUT2D eigenvalue weighted by Crippen LogP contribution is 2.22. The maximum absolute atomic E-state index is 12.6. The summed E-state index contributed by atoms with van der Waals surface area (Å²) in [6, 6.07) is 9.97. The lowest BCUT2D eigenvalue weighted by Crippen LogP contribution is -2.46. The van der Waals surface area contributed by atoms with E-state index in [2.05, 4.69) is 5.32 Å². The molecule has 2 aliphatic heterocycles. The number of likely N-dealkylation sites (N-methyl/N-ethyl adjacent to an activating group) is 1. The molecule has 3 rings (SSSR count). The second kappa shape index (κ2) is 8.34. The van der Waals surface area contributed by atoms with Crippen molar-refractivity contribution in [2.45, 2.75) is 31.9 Å². The molecule has 2 saturated heterocycles. The third-order valence-corrected chi connectivity index (χ3v) is 5.24. The topological polar surface area (TPSA) is 61.9 Å². The van der Waals surface area contributed by atoms with Gasteiger partial charge in [0.05, 0.1) is 0 Å². The van der Waals surface area contributed by atoms with E-state index in [1.807, 2.05) is 42.3 Å². The van der Waals surface area contributed by atoms with Gasteiger partial charge in [0.1, 0.15) is 6.61 Å². The van der Waals surface area contributed by atoms with Crippen LogP contribution in [0.5, 0.6) is 0 Å². The molecular formula is C19H27N3O3. The van der Waals surface area contributed by atoms with Gasteiger partial charge in [-0.15, -0.1) is 0 Å². The first-order valence-corrected chi connectivity index (χ1v) is 9.08. The Bertz CT molecular complexity index is 579. The standard InChI is InChI=1S/C19H27N3O3/c1-21(17-7-10-20-13-17)18(23)16-8-11-22(12-9-16)19(24)25-14-15-5-3-2-4-6-15/h2-6,16-17,20H,7-14H2,1H3/t17-/m1/s1. The van der Waals surface area contributed by atoms with E-state index < -0.39 is 0 Å². The maximum atomic E-state index is 12.6. The van der Waals surface area contributed by atoms with Gasteiger partial charge in [0.2, 0.25) is 5.91 Å². The van der Waals surface area contributed by atoms with Crippen molar-refractivity contribution in [1.29, 1.82) is 0 Å². The van der Waals surface area contributed by atoms with Crippen molar-refractivity contribution >= 4 is 12.0 Å². The number of piperidine rings is 1. The predicted octanol–water partition coefficient (Wildman–Crippen LogP) is 1.86. The summed E-state index contributed by atoms with van der Waals surface area (Å²) in [5.41, 5.74) is 0.979. The Kier molecular flexibility index (Phi) is 5.91. The van der Waals surface area contributed by atoms with Gasteiger partial charge in [-0.3, -0.25) is 4.79 Å². The number of carbonyl (C=O) groups excluding carboxylic acids is 2. The smallest absolute Gasteiger partial charge is 0.410 e. The molecule has 6 heteroatoms. The number of hydrogen-bond acceptors (Lipinski definition) is 4.